The van der Waals surface area contributed by atoms with Crippen LogP contribution in [0.5, 0.6) is 0 Å². The van der Waals surface area contributed by atoms with Crippen molar-refractivity contribution in [2.75, 3.05) is 44.2 Å². The normalized spacial score (nSPS) is 16.9. The Morgan fingerprint density at radius 1 is 0.953 bits per heavy atom. The maximum absolute atomic E-state index is 15.1. The number of benzene rings is 2. The van der Waals surface area contributed by atoms with Crippen LogP contribution in [0.4, 0.5) is 10.3 Å². The number of rotatable bonds is 11. The summed E-state index contributed by atoms with van der Waals surface area (Å²) in [6.07, 6.45) is 8.70. The highest BCUT2D eigenvalue weighted by molar-refractivity contribution is 6.30. The minimum Gasteiger partial charge on any atom is -0.389 e. The molecule has 1 aliphatic carbocycles. The Morgan fingerprint density at radius 2 is 1.69 bits per heavy atom. The van der Waals surface area contributed by atoms with Crippen LogP contribution in [0.1, 0.15) is 112 Å². The number of likely N-dealkylation sites (tertiary alicyclic amines) is 1. The second-order valence-corrected chi connectivity index (χ2v) is 20.8. The van der Waals surface area contributed by atoms with Crippen molar-refractivity contribution >= 4 is 45.7 Å². The Kier molecular flexibility index (Phi) is 12.0. The number of hydrogen-bond donors (Lipinski definition) is 1. The van der Waals surface area contributed by atoms with Gasteiger partial charge in [0, 0.05) is 78.7 Å². The molecule has 0 atom stereocenters. The number of amides is 1. The van der Waals surface area contributed by atoms with Crippen molar-refractivity contribution in [1.29, 1.82) is 0 Å². The molecule has 0 radical (unpaired) electrons. The summed E-state index contributed by atoms with van der Waals surface area (Å²) in [5.74, 6) is 0.513. The van der Waals surface area contributed by atoms with Crippen LogP contribution in [0.2, 0.25) is 5.02 Å². The maximum Gasteiger partial charge on any atom is 0.335 e. The van der Waals surface area contributed by atoms with Crippen LogP contribution in [0, 0.1) is 24.1 Å². The fourth-order valence-corrected chi connectivity index (χ4v) is 10.7. The summed E-state index contributed by atoms with van der Waals surface area (Å²) in [5.41, 5.74) is 5.38. The average Bonchev–Trinajstić information content (AvgIpc) is 3.95. The first-order chi connectivity index (χ1) is 30.5. The van der Waals surface area contributed by atoms with E-state index >= 15 is 4.39 Å². The van der Waals surface area contributed by atoms with Gasteiger partial charge in [0.2, 0.25) is 5.95 Å². The molecule has 0 unspecified atom stereocenters. The van der Waals surface area contributed by atoms with Crippen LogP contribution >= 0.6 is 11.6 Å². The minimum atomic E-state index is -0.974. The van der Waals surface area contributed by atoms with Crippen molar-refractivity contribution in [3.05, 3.63) is 110 Å². The molecule has 6 heterocycles. The molecule has 0 spiro atoms. The van der Waals surface area contributed by atoms with Crippen molar-refractivity contribution in [3.63, 3.8) is 0 Å². The van der Waals surface area contributed by atoms with Gasteiger partial charge >= 0.3 is 5.69 Å². The lowest BCUT2D eigenvalue weighted by Crippen LogP contribution is -2.42. The number of aryl methyl sites for hydroxylation is 1. The zero-order valence-corrected chi connectivity index (χ0v) is 38.8. The first-order valence-corrected chi connectivity index (χ1v) is 23.4. The van der Waals surface area contributed by atoms with Crippen molar-refractivity contribution in [3.8, 4) is 5.69 Å². The number of nitrogens with zero attached hydrogens (tertiary/aromatic N) is 9. The maximum atomic E-state index is 15.1. The van der Waals surface area contributed by atoms with Gasteiger partial charge in [0.15, 0.2) is 5.65 Å². The van der Waals surface area contributed by atoms with Gasteiger partial charge in [-0.3, -0.25) is 13.9 Å². The van der Waals surface area contributed by atoms with Gasteiger partial charge in [-0.1, -0.05) is 51.3 Å². The number of aromatic nitrogens is 6. The molecule has 14 heteroatoms. The Balaban J connectivity index is 1.05. The van der Waals surface area contributed by atoms with Gasteiger partial charge in [-0.15, -0.1) is 0 Å². The predicted molar refractivity (Wildman–Crippen MR) is 251 cm³/mol. The lowest BCUT2D eigenvalue weighted by Gasteiger charge is -2.36. The number of hydrogen-bond acceptors (Lipinski definition) is 8. The van der Waals surface area contributed by atoms with Gasteiger partial charge < -0.3 is 24.4 Å². The van der Waals surface area contributed by atoms with Crippen LogP contribution in [-0.4, -0.2) is 94.3 Å². The topological polar surface area (TPSA) is 118 Å². The first-order valence-electron chi connectivity index (χ1n) is 23.0. The number of carbonyl (C=O) groups excluding carboxylic acids is 1. The van der Waals surface area contributed by atoms with E-state index in [-0.39, 0.29) is 35.4 Å². The number of pyridine rings is 1. The van der Waals surface area contributed by atoms with Crippen LogP contribution in [0.3, 0.4) is 0 Å². The molecule has 12 nitrogen and oxygen atoms in total. The number of carbonyl (C=O) groups is 1. The summed E-state index contributed by atoms with van der Waals surface area (Å²) in [7, 11) is 0. The standard InChI is InChI=1S/C50H61ClFN9O3/c1-32-43-45(55-47(54-32)58(31-50(5,6)64)27-33-10-7-8-11-33)61(38-19-23-56(24-20-38)30-49(2,3)4)48(63)60(43)37-17-14-34(15-18-37)46(62)57-25-21-39-40-12-9-22-53-44(40)59(42(39)29-57)28-35-13-16-36(51)26-41(35)52/h9,12-18,22,26,33,38,64H,7-8,10-11,19-21,23-25,27-31H2,1-6H3. The highest BCUT2D eigenvalue weighted by atomic mass is 35.5. The summed E-state index contributed by atoms with van der Waals surface area (Å²) in [4.78, 5) is 50.8. The number of piperidine rings is 1. The molecule has 2 fully saturated rings. The summed E-state index contributed by atoms with van der Waals surface area (Å²) in [6, 6.07) is 15.9. The molecular formula is C50H61ClFN9O3. The molecule has 1 amide bonds. The Bertz CT molecular complexity index is 2750. The van der Waals surface area contributed by atoms with E-state index in [0.717, 1.165) is 74.2 Å². The van der Waals surface area contributed by atoms with Crippen molar-refractivity contribution in [2.24, 2.45) is 11.3 Å². The van der Waals surface area contributed by atoms with Gasteiger partial charge in [0.1, 0.15) is 17.0 Å². The van der Waals surface area contributed by atoms with Gasteiger partial charge in [-0.05, 0) is 118 Å². The molecule has 0 bridgehead atoms. The Labute approximate surface area is 379 Å². The third-order valence-corrected chi connectivity index (χ3v) is 13.6. The summed E-state index contributed by atoms with van der Waals surface area (Å²) in [6.45, 7) is 17.3. The quantitative estimate of drug-likeness (QED) is 0.137. The third-order valence-electron chi connectivity index (χ3n) is 13.3. The highest BCUT2D eigenvalue weighted by Crippen LogP contribution is 2.34. The molecule has 338 valence electrons. The molecule has 2 aliphatic heterocycles. The smallest absolute Gasteiger partial charge is 0.335 e. The van der Waals surface area contributed by atoms with E-state index in [0.29, 0.717) is 76.6 Å². The number of imidazole rings is 1. The van der Waals surface area contributed by atoms with Crippen molar-refractivity contribution < 1.29 is 14.3 Å². The van der Waals surface area contributed by atoms with E-state index in [4.69, 9.17) is 21.6 Å². The number of fused-ring (bicyclic) bond motifs is 4. The van der Waals surface area contributed by atoms with Crippen molar-refractivity contribution in [1.82, 2.24) is 38.5 Å². The molecule has 9 rings (SSSR count). The molecule has 1 saturated heterocycles. The van der Waals surface area contributed by atoms with Gasteiger partial charge in [-0.25, -0.2) is 19.2 Å². The Morgan fingerprint density at radius 3 is 2.38 bits per heavy atom. The van der Waals surface area contributed by atoms with Gasteiger partial charge in [0.05, 0.1) is 30.1 Å². The van der Waals surface area contributed by atoms with Gasteiger partial charge in [-0.2, -0.15) is 4.98 Å². The van der Waals surface area contributed by atoms with Crippen molar-refractivity contribution in [2.45, 2.75) is 111 Å². The molecule has 1 N–H and O–H groups in total. The van der Waals surface area contributed by atoms with Gasteiger partial charge in [0.25, 0.3) is 5.91 Å². The fourth-order valence-electron chi connectivity index (χ4n) is 10.5. The highest BCUT2D eigenvalue weighted by Gasteiger charge is 2.33. The van der Waals surface area contributed by atoms with Crippen LogP contribution in [-0.2, 0) is 19.5 Å². The predicted octanol–water partition coefficient (Wildman–Crippen LogP) is 8.73. The molecule has 64 heavy (non-hydrogen) atoms. The number of aliphatic hydroxyl groups is 1. The number of halogens is 2. The van der Waals surface area contributed by atoms with E-state index < -0.39 is 5.60 Å². The summed E-state index contributed by atoms with van der Waals surface area (Å²) in [5, 5.41) is 12.4. The van der Waals surface area contributed by atoms with E-state index in [9.17, 15) is 14.7 Å². The molecule has 1 saturated carbocycles. The summed E-state index contributed by atoms with van der Waals surface area (Å²) < 4.78 is 20.7. The molecule has 4 aromatic heterocycles. The number of anilines is 1. The molecule has 3 aliphatic rings. The fraction of sp³-hybridized carbons (Fsp3) is 0.500. The van der Waals surface area contributed by atoms with E-state index in [1.165, 1.54) is 18.9 Å². The van der Waals surface area contributed by atoms with E-state index in [1.807, 2.05) is 59.1 Å². The largest absolute Gasteiger partial charge is 0.389 e. The lowest BCUT2D eigenvalue weighted by atomic mass is 9.94. The monoisotopic (exact) mass is 889 g/mol. The average molecular weight is 891 g/mol. The molecule has 2 aromatic carbocycles. The first kappa shape index (κ1) is 44.1. The lowest BCUT2D eigenvalue weighted by molar-refractivity contribution is 0.0730. The summed E-state index contributed by atoms with van der Waals surface area (Å²) >= 11 is 6.08. The van der Waals surface area contributed by atoms with E-state index in [1.54, 1.807) is 35.0 Å². The van der Waals surface area contributed by atoms with Crippen LogP contribution in [0.15, 0.2) is 65.6 Å². The molecule has 6 aromatic rings. The third kappa shape index (κ3) is 8.95. The second-order valence-electron chi connectivity index (χ2n) is 20.3. The SMILES string of the molecule is Cc1nc(N(CC2CCCC2)CC(C)(C)O)nc2c1n(-c1ccc(C(=O)N3CCc4c(n(Cc5ccc(Cl)cc5F)c5ncccc45)C3)cc1)c(=O)n2C1CCN(CC(C)(C)C)CC1. The minimum absolute atomic E-state index is 0.0565. The second kappa shape index (κ2) is 17.4. The van der Waals surface area contributed by atoms with Crippen LogP contribution in [0.25, 0.3) is 27.9 Å². The van der Waals surface area contributed by atoms with Crippen LogP contribution < -0.4 is 10.6 Å². The zero-order chi connectivity index (χ0) is 45.1. The Hall–Kier alpha value is -5.11. The van der Waals surface area contributed by atoms with E-state index in [2.05, 4.69) is 35.6 Å². The molecular weight excluding hydrogens is 829 g/mol. The zero-order valence-electron chi connectivity index (χ0n) is 38.1.